The monoisotopic (exact) mass is 510 g/mol. The molecule has 1 aromatic heterocycles. The Labute approximate surface area is 177 Å². The normalized spacial score (nSPS) is 15.3. The Kier molecular flexibility index (Phi) is 9.94. The molecule has 9 nitrogen and oxygen atoms in total. The Morgan fingerprint density at radius 3 is 2.48 bits per heavy atom. The molecule has 1 fully saturated rings. The van der Waals surface area contributed by atoms with Gasteiger partial charge >= 0.3 is 0 Å². The molecule has 0 bridgehead atoms. The first-order valence-corrected chi connectivity index (χ1v) is 10.1. The molecular weight excluding hydrogens is 483 g/mol. The lowest BCUT2D eigenvalue weighted by molar-refractivity contribution is -0.130. The van der Waals surface area contributed by atoms with Gasteiger partial charge < -0.3 is 15.1 Å². The van der Waals surface area contributed by atoms with Gasteiger partial charge in [-0.3, -0.25) is 14.8 Å². The molecule has 0 radical (unpaired) electrons. The predicted octanol–water partition coefficient (Wildman–Crippen LogP) is 0.108. The minimum Gasteiger partial charge on any atom is -0.357 e. The molecule has 1 saturated heterocycles. The standard InChI is InChI=1S/C16H26N6O3S.HI/c1-3-18-16(22-11-9-21(10-12-22)14(2)23)19-7-8-20-26(24,25)15-5-4-6-17-13-15;/h4-6,13,20H,3,7-12H2,1-2H3,(H,18,19);1H. The van der Waals surface area contributed by atoms with Gasteiger partial charge in [0.1, 0.15) is 4.90 Å². The third-order valence-electron chi connectivity index (χ3n) is 3.97. The zero-order chi connectivity index (χ0) is 19.0. The van der Waals surface area contributed by atoms with E-state index in [1.807, 2.05) is 11.8 Å². The summed E-state index contributed by atoms with van der Waals surface area (Å²) in [5, 5.41) is 3.21. The van der Waals surface area contributed by atoms with Gasteiger partial charge in [0, 0.05) is 58.6 Å². The molecule has 0 atom stereocenters. The van der Waals surface area contributed by atoms with Gasteiger partial charge in [-0.15, -0.1) is 24.0 Å². The molecule has 1 aromatic rings. The van der Waals surface area contributed by atoms with E-state index in [4.69, 9.17) is 0 Å². The van der Waals surface area contributed by atoms with Gasteiger partial charge in [0.05, 0.1) is 6.54 Å². The van der Waals surface area contributed by atoms with Crippen LogP contribution >= 0.6 is 24.0 Å². The Balaban J connectivity index is 0.00000364. The van der Waals surface area contributed by atoms with E-state index < -0.39 is 10.0 Å². The van der Waals surface area contributed by atoms with E-state index in [-0.39, 0.29) is 41.3 Å². The summed E-state index contributed by atoms with van der Waals surface area (Å²) in [4.78, 5) is 23.7. The molecule has 1 aliphatic heterocycles. The SMILES string of the molecule is CCNC(=NCCNS(=O)(=O)c1cccnc1)N1CCN(C(C)=O)CC1.I. The van der Waals surface area contributed by atoms with E-state index in [0.717, 1.165) is 5.96 Å². The highest BCUT2D eigenvalue weighted by molar-refractivity contribution is 14.0. The van der Waals surface area contributed by atoms with Gasteiger partial charge in [0.2, 0.25) is 15.9 Å². The van der Waals surface area contributed by atoms with Gasteiger partial charge in [-0.1, -0.05) is 0 Å². The smallest absolute Gasteiger partial charge is 0.242 e. The van der Waals surface area contributed by atoms with Crippen LogP contribution in [-0.2, 0) is 14.8 Å². The fourth-order valence-corrected chi connectivity index (χ4v) is 3.57. The summed E-state index contributed by atoms with van der Waals surface area (Å²) in [7, 11) is -3.57. The van der Waals surface area contributed by atoms with Crippen molar-refractivity contribution < 1.29 is 13.2 Å². The molecule has 152 valence electrons. The number of amides is 1. The van der Waals surface area contributed by atoms with Crippen molar-refractivity contribution in [3.05, 3.63) is 24.5 Å². The van der Waals surface area contributed by atoms with E-state index >= 15 is 0 Å². The summed E-state index contributed by atoms with van der Waals surface area (Å²) in [5.41, 5.74) is 0. The fraction of sp³-hybridized carbons (Fsp3) is 0.562. The number of nitrogens with one attached hydrogen (secondary N) is 2. The Morgan fingerprint density at radius 1 is 1.26 bits per heavy atom. The van der Waals surface area contributed by atoms with E-state index in [2.05, 4.69) is 24.9 Å². The van der Waals surface area contributed by atoms with Crippen LogP contribution in [0.4, 0.5) is 0 Å². The lowest BCUT2D eigenvalue weighted by Crippen LogP contribution is -2.53. The zero-order valence-electron chi connectivity index (χ0n) is 15.6. The molecule has 2 N–H and O–H groups in total. The highest BCUT2D eigenvalue weighted by atomic mass is 127. The van der Waals surface area contributed by atoms with Crippen LogP contribution in [0.3, 0.4) is 0 Å². The molecule has 0 saturated carbocycles. The van der Waals surface area contributed by atoms with Gasteiger partial charge in [0.15, 0.2) is 5.96 Å². The maximum atomic E-state index is 12.1. The number of sulfonamides is 1. The second kappa shape index (κ2) is 11.4. The minimum atomic E-state index is -3.57. The minimum absolute atomic E-state index is 0. The number of carbonyl (C=O) groups is 1. The average Bonchev–Trinajstić information content (AvgIpc) is 2.65. The summed E-state index contributed by atoms with van der Waals surface area (Å²) in [5.74, 6) is 0.813. The highest BCUT2D eigenvalue weighted by Crippen LogP contribution is 2.05. The van der Waals surface area contributed by atoms with E-state index in [0.29, 0.717) is 39.3 Å². The van der Waals surface area contributed by atoms with Crippen LogP contribution < -0.4 is 10.0 Å². The Hall–Kier alpha value is -1.47. The van der Waals surface area contributed by atoms with Crippen molar-refractivity contribution in [2.24, 2.45) is 4.99 Å². The van der Waals surface area contributed by atoms with Crippen molar-refractivity contribution in [2.45, 2.75) is 18.7 Å². The quantitative estimate of drug-likeness (QED) is 0.244. The summed E-state index contributed by atoms with van der Waals surface area (Å²) in [6.07, 6.45) is 2.84. The molecule has 0 aromatic carbocycles. The molecule has 1 amide bonds. The first-order valence-electron chi connectivity index (χ1n) is 8.62. The molecule has 0 aliphatic carbocycles. The summed E-state index contributed by atoms with van der Waals surface area (Å²) in [6.45, 7) is 7.50. The summed E-state index contributed by atoms with van der Waals surface area (Å²) in [6, 6.07) is 3.08. The zero-order valence-corrected chi connectivity index (χ0v) is 18.7. The Bertz CT molecular complexity index is 721. The van der Waals surface area contributed by atoms with Crippen LogP contribution in [0.15, 0.2) is 34.4 Å². The first kappa shape index (κ1) is 23.6. The highest BCUT2D eigenvalue weighted by Gasteiger charge is 2.20. The molecular formula is C16H27IN6O3S. The fourth-order valence-electron chi connectivity index (χ4n) is 2.59. The van der Waals surface area contributed by atoms with Crippen LogP contribution in [0, 0.1) is 0 Å². The predicted molar refractivity (Wildman–Crippen MR) is 115 cm³/mol. The summed E-state index contributed by atoms with van der Waals surface area (Å²) < 4.78 is 26.8. The second-order valence-electron chi connectivity index (χ2n) is 5.82. The topological polar surface area (TPSA) is 107 Å². The van der Waals surface area contributed by atoms with Gasteiger partial charge in [-0.25, -0.2) is 13.1 Å². The molecule has 0 unspecified atom stereocenters. The van der Waals surface area contributed by atoms with Crippen LogP contribution in [-0.4, -0.2) is 80.9 Å². The molecule has 2 heterocycles. The van der Waals surface area contributed by atoms with Gasteiger partial charge in [-0.05, 0) is 19.1 Å². The van der Waals surface area contributed by atoms with Crippen LogP contribution in [0.25, 0.3) is 0 Å². The van der Waals surface area contributed by atoms with Crippen molar-refractivity contribution in [2.75, 3.05) is 45.8 Å². The number of halogens is 1. The van der Waals surface area contributed by atoms with Crippen molar-refractivity contribution in [1.82, 2.24) is 24.8 Å². The van der Waals surface area contributed by atoms with Gasteiger partial charge in [0.25, 0.3) is 0 Å². The number of nitrogens with zero attached hydrogens (tertiary/aromatic N) is 4. The maximum Gasteiger partial charge on any atom is 0.242 e. The number of pyridine rings is 1. The lowest BCUT2D eigenvalue weighted by atomic mass is 10.3. The third-order valence-corrected chi connectivity index (χ3v) is 5.42. The van der Waals surface area contributed by atoms with E-state index in [1.165, 1.54) is 18.5 Å². The van der Waals surface area contributed by atoms with Gasteiger partial charge in [-0.2, -0.15) is 0 Å². The van der Waals surface area contributed by atoms with E-state index in [9.17, 15) is 13.2 Å². The summed E-state index contributed by atoms with van der Waals surface area (Å²) >= 11 is 0. The first-order chi connectivity index (χ1) is 12.4. The number of hydrogen-bond acceptors (Lipinski definition) is 5. The molecule has 0 spiro atoms. The number of guanidine groups is 1. The number of piperazine rings is 1. The number of aliphatic imine (C=N–C) groups is 1. The van der Waals surface area contributed by atoms with Crippen molar-refractivity contribution in [3.8, 4) is 0 Å². The third kappa shape index (κ3) is 7.22. The molecule has 1 aliphatic rings. The van der Waals surface area contributed by atoms with E-state index in [1.54, 1.807) is 13.0 Å². The molecule has 11 heteroatoms. The number of rotatable bonds is 6. The van der Waals surface area contributed by atoms with Crippen molar-refractivity contribution >= 4 is 45.9 Å². The number of carbonyl (C=O) groups excluding carboxylic acids is 1. The molecule has 27 heavy (non-hydrogen) atoms. The molecule has 2 rings (SSSR count). The number of hydrogen-bond donors (Lipinski definition) is 2. The largest absolute Gasteiger partial charge is 0.357 e. The van der Waals surface area contributed by atoms with Crippen LogP contribution in [0.2, 0.25) is 0 Å². The Morgan fingerprint density at radius 2 is 1.93 bits per heavy atom. The second-order valence-corrected chi connectivity index (χ2v) is 7.58. The number of aromatic nitrogens is 1. The van der Waals surface area contributed by atoms with Crippen molar-refractivity contribution in [3.63, 3.8) is 0 Å². The lowest BCUT2D eigenvalue weighted by Gasteiger charge is -2.36. The maximum absolute atomic E-state index is 12.1. The van der Waals surface area contributed by atoms with Crippen molar-refractivity contribution in [1.29, 1.82) is 0 Å². The average molecular weight is 510 g/mol. The van der Waals surface area contributed by atoms with Crippen LogP contribution in [0.5, 0.6) is 0 Å². The van der Waals surface area contributed by atoms with Crippen LogP contribution in [0.1, 0.15) is 13.8 Å².